The maximum atomic E-state index is 12.3. The van der Waals surface area contributed by atoms with Crippen molar-refractivity contribution in [3.63, 3.8) is 0 Å². The first-order valence-electron chi connectivity index (χ1n) is 8.08. The summed E-state index contributed by atoms with van der Waals surface area (Å²) < 4.78 is 0. The lowest BCUT2D eigenvalue weighted by Crippen LogP contribution is -2.24. The Bertz CT molecular complexity index is 892. The van der Waals surface area contributed by atoms with Crippen LogP contribution in [0.1, 0.15) is 23.1 Å². The number of nitrogens with zero attached hydrogens (tertiary/aromatic N) is 1. The Balaban J connectivity index is 1.73. The zero-order valence-electron chi connectivity index (χ0n) is 13.6. The molecule has 1 aliphatic rings. The minimum Gasteiger partial charge on any atom is -0.347 e. The van der Waals surface area contributed by atoms with E-state index in [9.17, 15) is 10.1 Å². The number of allylic oxidation sites excluding steroid dienone is 2. The van der Waals surface area contributed by atoms with E-state index < -0.39 is 0 Å². The zero-order valence-corrected chi connectivity index (χ0v) is 14.4. The highest BCUT2D eigenvalue weighted by molar-refractivity contribution is 6.30. The number of amides is 1. The molecule has 2 aromatic carbocycles. The first-order chi connectivity index (χ1) is 12.2. The predicted molar refractivity (Wildman–Crippen MR) is 99.7 cm³/mol. The van der Waals surface area contributed by atoms with Crippen LogP contribution in [-0.4, -0.2) is 5.91 Å². The summed E-state index contributed by atoms with van der Waals surface area (Å²) in [5.41, 5.74) is 4.37. The minimum absolute atomic E-state index is 0.125. The Morgan fingerprint density at radius 1 is 1.20 bits per heavy atom. The molecule has 1 N–H and O–H groups in total. The van der Waals surface area contributed by atoms with E-state index in [1.54, 1.807) is 6.08 Å². The number of nitrogens with one attached hydrogen (secondary N) is 1. The van der Waals surface area contributed by atoms with Crippen molar-refractivity contribution in [1.82, 2.24) is 5.32 Å². The molecule has 0 unspecified atom stereocenters. The molecule has 124 valence electrons. The third-order valence-electron chi connectivity index (χ3n) is 4.12. The topological polar surface area (TPSA) is 52.9 Å². The van der Waals surface area contributed by atoms with E-state index in [1.165, 1.54) is 5.56 Å². The van der Waals surface area contributed by atoms with E-state index in [0.29, 0.717) is 6.54 Å². The van der Waals surface area contributed by atoms with Crippen molar-refractivity contribution in [3.8, 4) is 6.07 Å². The van der Waals surface area contributed by atoms with Crippen molar-refractivity contribution in [3.05, 3.63) is 87.5 Å². The molecule has 1 amide bonds. The molecule has 4 heteroatoms. The Labute approximate surface area is 152 Å². The Kier molecular flexibility index (Phi) is 5.33. The number of aryl methyl sites for hydroxylation is 1. The largest absolute Gasteiger partial charge is 0.347 e. The summed E-state index contributed by atoms with van der Waals surface area (Å²) in [6.45, 7) is 0.402. The molecule has 3 nitrogen and oxygen atoms in total. The van der Waals surface area contributed by atoms with E-state index >= 15 is 0 Å². The van der Waals surface area contributed by atoms with E-state index in [4.69, 9.17) is 11.6 Å². The third-order valence-corrected chi connectivity index (χ3v) is 4.35. The molecule has 0 spiro atoms. The van der Waals surface area contributed by atoms with Crippen LogP contribution in [0.25, 0.3) is 6.08 Å². The second-order valence-electron chi connectivity index (χ2n) is 5.90. The summed E-state index contributed by atoms with van der Waals surface area (Å²) in [5.74, 6) is -0.353. The van der Waals surface area contributed by atoms with Crippen LogP contribution in [0.15, 0.2) is 65.8 Å². The number of halogens is 1. The molecule has 0 radical (unpaired) electrons. The molecule has 3 rings (SSSR count). The third kappa shape index (κ3) is 4.37. The van der Waals surface area contributed by atoms with Gasteiger partial charge in [-0.3, -0.25) is 4.79 Å². The smallest absolute Gasteiger partial charge is 0.262 e. The molecular weight excluding hydrogens is 332 g/mol. The molecule has 0 atom stereocenters. The number of hydrogen-bond donors (Lipinski definition) is 1. The van der Waals surface area contributed by atoms with E-state index in [2.05, 4.69) is 5.32 Å². The van der Waals surface area contributed by atoms with Gasteiger partial charge in [0, 0.05) is 11.6 Å². The van der Waals surface area contributed by atoms with Gasteiger partial charge in [0.15, 0.2) is 0 Å². The molecule has 0 aromatic heterocycles. The van der Waals surface area contributed by atoms with E-state index in [-0.39, 0.29) is 11.5 Å². The normalized spacial score (nSPS) is 13.4. The van der Waals surface area contributed by atoms with Gasteiger partial charge < -0.3 is 5.32 Å². The van der Waals surface area contributed by atoms with Crippen molar-refractivity contribution in [2.24, 2.45) is 0 Å². The van der Waals surface area contributed by atoms with Gasteiger partial charge >= 0.3 is 0 Å². The fourth-order valence-corrected chi connectivity index (χ4v) is 3.00. The van der Waals surface area contributed by atoms with Crippen molar-refractivity contribution in [2.75, 3.05) is 0 Å². The Morgan fingerprint density at radius 3 is 2.76 bits per heavy atom. The summed E-state index contributed by atoms with van der Waals surface area (Å²) in [5, 5.41) is 12.8. The molecule has 2 aromatic rings. The number of nitriles is 1. The maximum Gasteiger partial charge on any atom is 0.262 e. The average Bonchev–Trinajstić information content (AvgIpc) is 2.65. The summed E-state index contributed by atoms with van der Waals surface area (Å²) in [6, 6.07) is 17.4. The molecule has 0 heterocycles. The van der Waals surface area contributed by atoms with Gasteiger partial charge in [-0.25, -0.2) is 0 Å². The standard InChI is InChI=1S/C21H17ClN2O/c22-20-9-8-17-10-16(6-7-18(17)12-20)11-19(13-23)21(25)24-14-15-4-2-1-3-5-15/h1-5,8-12H,6-7,14H2,(H,24,25)/b19-11+. The first-order valence-corrected chi connectivity index (χ1v) is 8.46. The van der Waals surface area contributed by atoms with Crippen LogP contribution in [0.4, 0.5) is 0 Å². The van der Waals surface area contributed by atoms with Crippen molar-refractivity contribution >= 4 is 23.6 Å². The first kappa shape index (κ1) is 17.0. The molecule has 0 saturated carbocycles. The number of benzene rings is 2. The predicted octanol–water partition coefficient (Wildman–Crippen LogP) is 4.44. The van der Waals surface area contributed by atoms with Crippen LogP contribution in [-0.2, 0) is 17.8 Å². The maximum absolute atomic E-state index is 12.3. The summed E-state index contributed by atoms with van der Waals surface area (Å²) in [7, 11) is 0. The summed E-state index contributed by atoms with van der Waals surface area (Å²) in [6.07, 6.45) is 5.32. The lowest BCUT2D eigenvalue weighted by Gasteiger charge is -2.15. The number of carbonyl (C=O) groups excluding carboxylic acids is 1. The van der Waals surface area contributed by atoms with Gasteiger partial charge in [-0.05, 0) is 53.3 Å². The minimum atomic E-state index is -0.353. The molecule has 1 aliphatic carbocycles. The Hall–Kier alpha value is -2.83. The van der Waals surface area contributed by atoms with Crippen molar-refractivity contribution in [1.29, 1.82) is 5.26 Å². The number of fused-ring (bicyclic) bond motifs is 1. The average molecular weight is 349 g/mol. The van der Waals surface area contributed by atoms with Crippen LogP contribution in [0, 0.1) is 11.3 Å². The fraction of sp³-hybridized carbons (Fsp3) is 0.143. The van der Waals surface area contributed by atoms with Crippen LogP contribution >= 0.6 is 11.6 Å². The highest BCUT2D eigenvalue weighted by atomic mass is 35.5. The van der Waals surface area contributed by atoms with Gasteiger partial charge in [0.2, 0.25) is 0 Å². The van der Waals surface area contributed by atoms with Crippen LogP contribution < -0.4 is 5.32 Å². The second-order valence-corrected chi connectivity index (χ2v) is 6.34. The lowest BCUT2D eigenvalue weighted by atomic mass is 9.91. The molecule has 0 fully saturated rings. The highest BCUT2D eigenvalue weighted by Crippen LogP contribution is 2.27. The molecule has 0 bridgehead atoms. The van der Waals surface area contributed by atoms with Crippen LogP contribution in [0.5, 0.6) is 0 Å². The van der Waals surface area contributed by atoms with E-state index in [0.717, 1.165) is 34.6 Å². The van der Waals surface area contributed by atoms with Gasteiger partial charge in [-0.15, -0.1) is 0 Å². The Morgan fingerprint density at radius 2 is 2.00 bits per heavy atom. The van der Waals surface area contributed by atoms with Crippen molar-refractivity contribution < 1.29 is 4.79 Å². The zero-order chi connectivity index (χ0) is 17.6. The molecule has 0 saturated heterocycles. The highest BCUT2D eigenvalue weighted by Gasteiger charge is 2.13. The monoisotopic (exact) mass is 348 g/mol. The number of rotatable bonds is 4. The summed E-state index contributed by atoms with van der Waals surface area (Å²) in [4.78, 5) is 12.3. The van der Waals surface area contributed by atoms with Gasteiger partial charge in [-0.1, -0.05) is 54.1 Å². The van der Waals surface area contributed by atoms with Gasteiger partial charge in [0.05, 0.1) is 0 Å². The van der Waals surface area contributed by atoms with Gasteiger partial charge in [0.1, 0.15) is 11.6 Å². The van der Waals surface area contributed by atoms with Crippen LogP contribution in [0.2, 0.25) is 5.02 Å². The fourth-order valence-electron chi connectivity index (χ4n) is 2.80. The quantitative estimate of drug-likeness (QED) is 0.656. The molecule has 0 aliphatic heterocycles. The SMILES string of the molecule is N#C/C(=C\C1=Cc2ccc(Cl)cc2CC1)C(=O)NCc1ccccc1. The van der Waals surface area contributed by atoms with E-state index in [1.807, 2.05) is 60.7 Å². The van der Waals surface area contributed by atoms with Gasteiger partial charge in [0.25, 0.3) is 5.91 Å². The van der Waals surface area contributed by atoms with Crippen molar-refractivity contribution in [2.45, 2.75) is 19.4 Å². The molecular formula is C21H17ClN2O. The van der Waals surface area contributed by atoms with Crippen LogP contribution in [0.3, 0.4) is 0 Å². The lowest BCUT2D eigenvalue weighted by molar-refractivity contribution is -0.117. The molecule has 25 heavy (non-hydrogen) atoms. The number of hydrogen-bond acceptors (Lipinski definition) is 2. The number of carbonyl (C=O) groups is 1. The second kappa shape index (κ2) is 7.83. The van der Waals surface area contributed by atoms with Gasteiger partial charge in [-0.2, -0.15) is 5.26 Å². The summed E-state index contributed by atoms with van der Waals surface area (Å²) >= 11 is 6.02.